The van der Waals surface area contributed by atoms with Crippen LogP contribution in [0.4, 0.5) is 0 Å². The molecule has 0 spiro atoms. The summed E-state index contributed by atoms with van der Waals surface area (Å²) in [6.45, 7) is 5.91. The summed E-state index contributed by atoms with van der Waals surface area (Å²) in [5.41, 5.74) is 1.22. The third-order valence-corrected chi connectivity index (χ3v) is 3.35. The van der Waals surface area contributed by atoms with Gasteiger partial charge in [-0.2, -0.15) is 0 Å². The van der Waals surface area contributed by atoms with Gasteiger partial charge in [0, 0.05) is 31.8 Å². The second-order valence-electron chi connectivity index (χ2n) is 5.01. The molecule has 2 aromatic rings. The molecule has 0 bridgehead atoms. The molecule has 2 rings (SSSR count). The van der Waals surface area contributed by atoms with Crippen LogP contribution in [0.25, 0.3) is 10.9 Å². The summed E-state index contributed by atoms with van der Waals surface area (Å²) in [5.74, 6) is 0.976. The van der Waals surface area contributed by atoms with Crippen molar-refractivity contribution in [2.75, 3.05) is 33.5 Å². The second kappa shape index (κ2) is 8.70. The molecule has 0 aliphatic heterocycles. The van der Waals surface area contributed by atoms with Gasteiger partial charge in [-0.3, -0.25) is 0 Å². The van der Waals surface area contributed by atoms with E-state index in [1.807, 2.05) is 6.07 Å². The van der Waals surface area contributed by atoms with Crippen molar-refractivity contribution in [3.05, 3.63) is 30.5 Å². The minimum Gasteiger partial charge on any atom is -0.493 e. The number of methoxy groups -OCH3 is 1. The largest absolute Gasteiger partial charge is 0.493 e. The number of nitrogens with zero attached hydrogens (tertiary/aromatic N) is 1. The average molecular weight is 291 g/mol. The van der Waals surface area contributed by atoms with Gasteiger partial charge in [0.25, 0.3) is 0 Å². The van der Waals surface area contributed by atoms with Gasteiger partial charge in [-0.15, -0.1) is 0 Å². The zero-order valence-electron chi connectivity index (χ0n) is 13.0. The molecule has 0 unspecified atom stereocenters. The van der Waals surface area contributed by atoms with Gasteiger partial charge in [-0.25, -0.2) is 0 Å². The number of benzene rings is 1. The lowest BCUT2D eigenvalue weighted by Gasteiger charge is -2.09. The molecule has 4 heteroatoms. The third kappa shape index (κ3) is 4.48. The zero-order chi connectivity index (χ0) is 14.9. The van der Waals surface area contributed by atoms with Crippen LogP contribution in [-0.4, -0.2) is 38.1 Å². The van der Waals surface area contributed by atoms with Crippen LogP contribution in [0.1, 0.15) is 19.8 Å². The SMILES string of the molecule is CCCOc1cccc2c1ccn2CCCOCCOC. The molecular weight excluding hydrogens is 266 g/mol. The molecule has 0 aliphatic rings. The summed E-state index contributed by atoms with van der Waals surface area (Å²) < 4.78 is 18.5. The highest BCUT2D eigenvalue weighted by molar-refractivity contribution is 5.86. The molecule has 0 radical (unpaired) electrons. The smallest absolute Gasteiger partial charge is 0.128 e. The van der Waals surface area contributed by atoms with E-state index in [1.54, 1.807) is 7.11 Å². The Hall–Kier alpha value is -1.52. The molecular formula is C17H25NO3. The van der Waals surface area contributed by atoms with Gasteiger partial charge in [0.15, 0.2) is 0 Å². The Morgan fingerprint density at radius 3 is 2.76 bits per heavy atom. The van der Waals surface area contributed by atoms with E-state index in [0.717, 1.165) is 38.3 Å². The molecule has 21 heavy (non-hydrogen) atoms. The predicted molar refractivity (Wildman–Crippen MR) is 85.0 cm³/mol. The number of ether oxygens (including phenoxy) is 3. The van der Waals surface area contributed by atoms with Crippen molar-refractivity contribution >= 4 is 10.9 Å². The molecule has 1 heterocycles. The van der Waals surface area contributed by atoms with E-state index >= 15 is 0 Å². The Bertz CT molecular complexity index is 536. The molecule has 0 amide bonds. The molecule has 0 saturated heterocycles. The summed E-state index contributed by atoms with van der Waals surface area (Å²) in [6, 6.07) is 8.36. The van der Waals surface area contributed by atoms with Crippen LogP contribution in [0.2, 0.25) is 0 Å². The van der Waals surface area contributed by atoms with Gasteiger partial charge in [-0.05, 0) is 31.0 Å². The van der Waals surface area contributed by atoms with Crippen LogP contribution >= 0.6 is 0 Å². The van der Waals surface area contributed by atoms with Crippen LogP contribution in [0.3, 0.4) is 0 Å². The second-order valence-corrected chi connectivity index (χ2v) is 5.01. The molecule has 0 saturated carbocycles. The van der Waals surface area contributed by atoms with E-state index in [0.29, 0.717) is 13.2 Å². The topological polar surface area (TPSA) is 32.6 Å². The van der Waals surface area contributed by atoms with E-state index in [9.17, 15) is 0 Å². The first kappa shape index (κ1) is 15.9. The molecule has 4 nitrogen and oxygen atoms in total. The fourth-order valence-electron chi connectivity index (χ4n) is 2.31. The highest BCUT2D eigenvalue weighted by Crippen LogP contribution is 2.26. The minimum atomic E-state index is 0.657. The Labute approximate surface area is 126 Å². The van der Waals surface area contributed by atoms with E-state index < -0.39 is 0 Å². The molecule has 1 aromatic heterocycles. The molecule has 0 N–H and O–H groups in total. The maximum atomic E-state index is 5.80. The van der Waals surface area contributed by atoms with Gasteiger partial charge in [0.1, 0.15) is 5.75 Å². The maximum Gasteiger partial charge on any atom is 0.128 e. The summed E-state index contributed by atoms with van der Waals surface area (Å²) in [5, 5.41) is 1.19. The predicted octanol–water partition coefficient (Wildman–Crippen LogP) is 3.48. The van der Waals surface area contributed by atoms with Crippen LogP contribution in [0.5, 0.6) is 5.75 Å². The zero-order valence-corrected chi connectivity index (χ0v) is 13.0. The van der Waals surface area contributed by atoms with E-state index in [1.165, 1.54) is 10.9 Å². The van der Waals surface area contributed by atoms with Crippen molar-refractivity contribution in [3.63, 3.8) is 0 Å². The third-order valence-electron chi connectivity index (χ3n) is 3.35. The number of hydrogen-bond acceptors (Lipinski definition) is 3. The van der Waals surface area contributed by atoms with Gasteiger partial charge in [0.05, 0.1) is 25.3 Å². The number of aryl methyl sites for hydroxylation is 1. The van der Waals surface area contributed by atoms with Gasteiger partial charge in [0.2, 0.25) is 0 Å². The van der Waals surface area contributed by atoms with Crippen molar-refractivity contribution in [1.29, 1.82) is 0 Å². The number of fused-ring (bicyclic) bond motifs is 1. The molecule has 0 aliphatic carbocycles. The van der Waals surface area contributed by atoms with Crippen molar-refractivity contribution in [2.45, 2.75) is 26.3 Å². The summed E-state index contributed by atoms with van der Waals surface area (Å²) in [4.78, 5) is 0. The van der Waals surface area contributed by atoms with E-state index in [2.05, 4.69) is 35.9 Å². The van der Waals surface area contributed by atoms with Crippen molar-refractivity contribution in [2.24, 2.45) is 0 Å². The van der Waals surface area contributed by atoms with E-state index in [4.69, 9.17) is 14.2 Å². The molecule has 0 atom stereocenters. The Kier molecular flexibility index (Phi) is 6.57. The first-order valence-corrected chi connectivity index (χ1v) is 7.64. The fourth-order valence-corrected chi connectivity index (χ4v) is 2.31. The van der Waals surface area contributed by atoms with Crippen LogP contribution in [-0.2, 0) is 16.0 Å². The van der Waals surface area contributed by atoms with Gasteiger partial charge < -0.3 is 18.8 Å². The lowest BCUT2D eigenvalue weighted by Crippen LogP contribution is -2.05. The Morgan fingerprint density at radius 1 is 1.05 bits per heavy atom. The van der Waals surface area contributed by atoms with Crippen molar-refractivity contribution in [3.8, 4) is 5.75 Å². The summed E-state index contributed by atoms with van der Waals surface area (Å²) >= 11 is 0. The Balaban J connectivity index is 1.92. The minimum absolute atomic E-state index is 0.657. The first-order valence-electron chi connectivity index (χ1n) is 7.64. The molecule has 116 valence electrons. The monoisotopic (exact) mass is 291 g/mol. The normalized spacial score (nSPS) is 11.1. The van der Waals surface area contributed by atoms with Gasteiger partial charge in [-0.1, -0.05) is 13.0 Å². The van der Waals surface area contributed by atoms with Crippen molar-refractivity contribution < 1.29 is 14.2 Å². The average Bonchev–Trinajstić information content (AvgIpc) is 2.92. The standard InChI is InChI=1S/C17H25NO3/c1-3-11-21-17-7-4-6-16-15(17)8-10-18(16)9-5-12-20-14-13-19-2/h4,6-8,10H,3,5,9,11-14H2,1-2H3. The highest BCUT2D eigenvalue weighted by Gasteiger charge is 2.06. The number of rotatable bonds is 10. The fraction of sp³-hybridized carbons (Fsp3) is 0.529. The maximum absolute atomic E-state index is 5.80. The molecule has 0 fully saturated rings. The van der Waals surface area contributed by atoms with Crippen LogP contribution < -0.4 is 4.74 Å². The molecule has 1 aromatic carbocycles. The first-order chi connectivity index (χ1) is 10.4. The Morgan fingerprint density at radius 2 is 1.95 bits per heavy atom. The highest BCUT2D eigenvalue weighted by atomic mass is 16.5. The lowest BCUT2D eigenvalue weighted by atomic mass is 10.2. The number of hydrogen-bond donors (Lipinski definition) is 0. The van der Waals surface area contributed by atoms with E-state index in [-0.39, 0.29) is 0 Å². The number of aromatic nitrogens is 1. The summed E-state index contributed by atoms with van der Waals surface area (Å²) in [6.07, 6.45) is 4.14. The van der Waals surface area contributed by atoms with Gasteiger partial charge >= 0.3 is 0 Å². The quantitative estimate of drug-likeness (QED) is 0.628. The van der Waals surface area contributed by atoms with Crippen LogP contribution in [0, 0.1) is 0 Å². The lowest BCUT2D eigenvalue weighted by molar-refractivity contribution is 0.0681. The van der Waals surface area contributed by atoms with Crippen molar-refractivity contribution in [1.82, 2.24) is 4.57 Å². The summed E-state index contributed by atoms with van der Waals surface area (Å²) in [7, 11) is 1.69. The van der Waals surface area contributed by atoms with Crippen LogP contribution in [0.15, 0.2) is 30.5 Å².